The van der Waals surface area contributed by atoms with E-state index in [2.05, 4.69) is 14.7 Å². The lowest BCUT2D eigenvalue weighted by molar-refractivity contribution is -0.123. The van der Waals surface area contributed by atoms with Crippen LogP contribution in [-0.4, -0.2) is 33.1 Å². The molecule has 9 nitrogen and oxygen atoms in total. The molecule has 1 atom stereocenters. The van der Waals surface area contributed by atoms with Gasteiger partial charge in [0.15, 0.2) is 5.69 Å². The Morgan fingerprint density at radius 1 is 1.11 bits per heavy atom. The number of hydrogen-bond donors (Lipinski definition) is 3. The first-order valence-electron chi connectivity index (χ1n) is 11.5. The molecule has 10 heteroatoms. The number of carbonyl (C=O) groups is 3. The number of carbonyl (C=O) groups excluding carboxylic acids is 3. The van der Waals surface area contributed by atoms with Crippen LogP contribution in [0.1, 0.15) is 69.4 Å². The molecule has 3 aromatic rings. The topological polar surface area (TPSA) is 144 Å². The first kappa shape index (κ1) is 24.3. The van der Waals surface area contributed by atoms with Crippen molar-refractivity contribution >= 4 is 40.6 Å². The summed E-state index contributed by atoms with van der Waals surface area (Å²) < 4.78 is 3.98. The molecule has 182 valence electrons. The van der Waals surface area contributed by atoms with Gasteiger partial charge in [0, 0.05) is 24.1 Å². The molecule has 0 aliphatic heterocycles. The maximum Gasteiger partial charge on any atom is 0.273 e. The predicted molar refractivity (Wildman–Crippen MR) is 135 cm³/mol. The largest absolute Gasteiger partial charge is 0.395 e. The molecule has 1 aromatic carbocycles. The molecule has 4 rings (SSSR count). The highest BCUT2D eigenvalue weighted by atomic mass is 32.1. The quantitative estimate of drug-likeness (QED) is 0.461. The molecule has 2 heterocycles. The van der Waals surface area contributed by atoms with Crippen molar-refractivity contribution < 1.29 is 14.4 Å². The van der Waals surface area contributed by atoms with Crippen LogP contribution < -0.4 is 21.7 Å². The van der Waals surface area contributed by atoms with Gasteiger partial charge in [-0.05, 0) is 66.7 Å². The van der Waals surface area contributed by atoms with Crippen LogP contribution >= 0.6 is 11.5 Å². The highest BCUT2D eigenvalue weighted by Gasteiger charge is 2.36. The molecular weight excluding hydrogens is 464 g/mol. The number of nitrogens with one attached hydrogen (secondary N) is 1. The predicted octanol–water partition coefficient (Wildman–Crippen LogP) is 3.36. The lowest BCUT2D eigenvalue weighted by Gasteiger charge is -2.33. The van der Waals surface area contributed by atoms with Gasteiger partial charge in [-0.25, -0.2) is 0 Å². The number of rotatable bonds is 7. The summed E-state index contributed by atoms with van der Waals surface area (Å²) in [4.78, 5) is 45.0. The van der Waals surface area contributed by atoms with Crippen LogP contribution in [0.15, 0.2) is 48.8 Å². The van der Waals surface area contributed by atoms with Gasteiger partial charge >= 0.3 is 0 Å². The molecule has 3 amide bonds. The minimum Gasteiger partial charge on any atom is -0.395 e. The fourth-order valence-corrected chi connectivity index (χ4v) is 5.13. The summed E-state index contributed by atoms with van der Waals surface area (Å²) in [5.41, 5.74) is 13.3. The van der Waals surface area contributed by atoms with Crippen molar-refractivity contribution in [3.63, 3.8) is 0 Å². The minimum atomic E-state index is -0.993. The van der Waals surface area contributed by atoms with E-state index in [1.165, 1.54) is 4.90 Å². The minimum absolute atomic E-state index is 0.0461. The zero-order chi connectivity index (χ0) is 24.9. The zero-order valence-corrected chi connectivity index (χ0v) is 20.3. The molecule has 1 aliphatic rings. The second kappa shape index (κ2) is 10.6. The Kier molecular flexibility index (Phi) is 7.40. The average molecular weight is 493 g/mol. The van der Waals surface area contributed by atoms with Crippen molar-refractivity contribution in [2.24, 2.45) is 5.73 Å². The van der Waals surface area contributed by atoms with Crippen LogP contribution in [0.4, 0.5) is 11.4 Å². The molecule has 1 aliphatic carbocycles. The maximum atomic E-state index is 14.0. The van der Waals surface area contributed by atoms with Crippen LogP contribution in [0.3, 0.4) is 0 Å². The fourth-order valence-electron chi connectivity index (χ4n) is 4.39. The lowest BCUT2D eigenvalue weighted by atomic mass is 9.94. The van der Waals surface area contributed by atoms with Gasteiger partial charge in [0.05, 0.1) is 5.69 Å². The van der Waals surface area contributed by atoms with Crippen LogP contribution in [0.2, 0.25) is 0 Å². The number of amides is 3. The number of hydrogen-bond acceptors (Lipinski definition) is 7. The number of nitrogens with two attached hydrogens (primary N) is 2. The molecule has 5 N–H and O–H groups in total. The number of aromatic nitrogens is 2. The Hall–Kier alpha value is -3.79. The van der Waals surface area contributed by atoms with Gasteiger partial charge < -0.3 is 16.8 Å². The van der Waals surface area contributed by atoms with Crippen LogP contribution in [0.5, 0.6) is 0 Å². The molecule has 35 heavy (non-hydrogen) atoms. The smallest absolute Gasteiger partial charge is 0.273 e. The molecule has 1 unspecified atom stereocenters. The average Bonchev–Trinajstić information content (AvgIpc) is 3.24. The van der Waals surface area contributed by atoms with Gasteiger partial charge in [-0.1, -0.05) is 31.4 Å². The summed E-state index contributed by atoms with van der Waals surface area (Å²) >= 11 is 0.789. The molecule has 0 spiro atoms. The Morgan fingerprint density at radius 2 is 1.83 bits per heavy atom. The third-order valence-electron chi connectivity index (χ3n) is 6.13. The van der Waals surface area contributed by atoms with Crippen molar-refractivity contribution in [2.45, 2.75) is 51.1 Å². The zero-order valence-electron chi connectivity index (χ0n) is 19.4. The van der Waals surface area contributed by atoms with Gasteiger partial charge in [0.25, 0.3) is 11.8 Å². The number of benzene rings is 1. The second-order valence-electron chi connectivity index (χ2n) is 8.68. The van der Waals surface area contributed by atoms with Crippen LogP contribution in [0, 0.1) is 6.92 Å². The van der Waals surface area contributed by atoms with E-state index < -0.39 is 17.9 Å². The van der Waals surface area contributed by atoms with Crippen molar-refractivity contribution in [2.75, 3.05) is 10.6 Å². The molecule has 1 fully saturated rings. The first-order chi connectivity index (χ1) is 16.9. The fraction of sp³-hybridized carbons (Fsp3) is 0.320. The summed E-state index contributed by atoms with van der Waals surface area (Å²) in [5, 5.41) is 3.16. The second-order valence-corrected chi connectivity index (χ2v) is 9.45. The Bertz CT molecular complexity index is 1220. The molecule has 0 radical (unpaired) electrons. The summed E-state index contributed by atoms with van der Waals surface area (Å²) in [6, 6.07) is 9.79. The van der Waals surface area contributed by atoms with E-state index in [1.807, 2.05) is 25.1 Å². The van der Waals surface area contributed by atoms with E-state index in [4.69, 9.17) is 11.5 Å². The molecule has 2 aromatic heterocycles. The SMILES string of the molecule is Cc1cccc(N(C(=O)c2snc(C(N)=O)c2N)C(C(=O)NC2CCCCC2)c2ccncc2)c1. The molecule has 0 saturated heterocycles. The van der Waals surface area contributed by atoms with Crippen molar-refractivity contribution in [1.82, 2.24) is 14.7 Å². The van der Waals surface area contributed by atoms with Crippen molar-refractivity contribution in [3.8, 4) is 0 Å². The molecule has 1 saturated carbocycles. The van der Waals surface area contributed by atoms with E-state index in [1.54, 1.807) is 30.6 Å². The highest BCUT2D eigenvalue weighted by Crippen LogP contribution is 2.33. The van der Waals surface area contributed by atoms with Gasteiger partial charge in [0.2, 0.25) is 5.91 Å². The van der Waals surface area contributed by atoms with E-state index in [0.717, 1.165) is 49.2 Å². The van der Waals surface area contributed by atoms with E-state index in [9.17, 15) is 14.4 Å². The Labute approximate surface area is 207 Å². The van der Waals surface area contributed by atoms with E-state index in [0.29, 0.717) is 11.3 Å². The Balaban J connectivity index is 1.82. The van der Waals surface area contributed by atoms with Gasteiger partial charge in [-0.3, -0.25) is 24.3 Å². The van der Waals surface area contributed by atoms with Crippen LogP contribution in [-0.2, 0) is 4.79 Å². The van der Waals surface area contributed by atoms with Gasteiger partial charge in [-0.2, -0.15) is 4.37 Å². The van der Waals surface area contributed by atoms with Crippen molar-refractivity contribution in [3.05, 3.63) is 70.5 Å². The van der Waals surface area contributed by atoms with E-state index >= 15 is 0 Å². The number of anilines is 2. The number of primary amides is 1. The van der Waals surface area contributed by atoms with Crippen molar-refractivity contribution in [1.29, 1.82) is 0 Å². The summed E-state index contributed by atoms with van der Waals surface area (Å²) in [5.74, 6) is -1.66. The molecule has 0 bridgehead atoms. The van der Waals surface area contributed by atoms with Gasteiger partial charge in [0.1, 0.15) is 10.9 Å². The number of nitrogens with zero attached hydrogens (tertiary/aromatic N) is 3. The summed E-state index contributed by atoms with van der Waals surface area (Å²) in [7, 11) is 0. The normalized spacial score (nSPS) is 14.8. The van der Waals surface area contributed by atoms with Gasteiger partial charge in [-0.15, -0.1) is 0 Å². The highest BCUT2D eigenvalue weighted by molar-refractivity contribution is 7.09. The maximum absolute atomic E-state index is 14.0. The summed E-state index contributed by atoms with van der Waals surface area (Å²) in [6.07, 6.45) is 8.23. The van der Waals surface area contributed by atoms with E-state index in [-0.39, 0.29) is 28.2 Å². The number of pyridine rings is 1. The third-order valence-corrected chi connectivity index (χ3v) is 6.99. The molecular formula is C25H28N6O3S. The lowest BCUT2D eigenvalue weighted by Crippen LogP contribution is -2.47. The van der Waals surface area contributed by atoms with Crippen LogP contribution in [0.25, 0.3) is 0 Å². The Morgan fingerprint density at radius 3 is 2.46 bits per heavy atom. The monoisotopic (exact) mass is 492 g/mol. The third kappa shape index (κ3) is 5.32. The summed E-state index contributed by atoms with van der Waals surface area (Å²) in [6.45, 7) is 1.90. The number of aryl methyl sites for hydroxylation is 1. The number of nitrogen functional groups attached to an aromatic ring is 1. The first-order valence-corrected chi connectivity index (χ1v) is 12.3. The standard InChI is InChI=1S/C25H28N6O3S/c1-15-6-5-9-18(14-15)31(25(34)22-19(26)20(23(27)32)30-35-22)21(16-10-12-28-13-11-16)24(33)29-17-7-3-2-4-8-17/h5-6,9-14,17,21H,2-4,7-8,26H2,1H3,(H2,27,32)(H,29,33).